The topological polar surface area (TPSA) is 73.7 Å². The summed E-state index contributed by atoms with van der Waals surface area (Å²) >= 11 is 6.23. The number of rotatable bonds is 4. The zero-order valence-electron chi connectivity index (χ0n) is 11.5. The molecule has 108 valence electrons. The molecule has 2 N–H and O–H groups in total. The molecule has 0 unspecified atom stereocenters. The Bertz CT molecular complexity index is 837. The van der Waals surface area contributed by atoms with E-state index in [1.165, 1.54) is 12.4 Å². The summed E-state index contributed by atoms with van der Waals surface area (Å²) in [6, 6.07) is 14.6. The largest absolute Gasteiger partial charge is 0.356 e. The molecule has 4 nitrogen and oxygen atoms in total. The van der Waals surface area contributed by atoms with Crippen LogP contribution >= 0.6 is 11.6 Å². The first kappa shape index (κ1) is 14.2. The van der Waals surface area contributed by atoms with Crippen molar-refractivity contribution in [2.45, 2.75) is 0 Å². The van der Waals surface area contributed by atoms with E-state index in [1.54, 1.807) is 12.1 Å². The molecule has 5 heteroatoms. The van der Waals surface area contributed by atoms with Crippen molar-refractivity contribution in [1.29, 1.82) is 10.8 Å². The summed E-state index contributed by atoms with van der Waals surface area (Å²) in [6.07, 6.45) is 2.54. The van der Waals surface area contributed by atoms with Crippen molar-refractivity contribution >= 4 is 24.0 Å². The number of hydrogen-bond donors (Lipinski definition) is 2. The maximum absolute atomic E-state index is 7.23. The summed E-state index contributed by atoms with van der Waals surface area (Å²) in [5.74, 6) is 0.638. The lowest BCUT2D eigenvalue weighted by Gasteiger charge is -2.00. The molecule has 1 aromatic heterocycles. The molecule has 0 radical (unpaired) electrons. The lowest BCUT2D eigenvalue weighted by molar-refractivity contribution is 0.435. The number of aromatic nitrogens is 1. The highest BCUT2D eigenvalue weighted by Gasteiger charge is 2.11. The van der Waals surface area contributed by atoms with E-state index in [2.05, 4.69) is 5.16 Å². The number of halogens is 1. The van der Waals surface area contributed by atoms with Gasteiger partial charge in [0.05, 0.1) is 5.02 Å². The molecule has 0 spiro atoms. The molecule has 0 saturated carbocycles. The van der Waals surface area contributed by atoms with Crippen LogP contribution in [0.3, 0.4) is 0 Å². The average molecular weight is 310 g/mol. The Hall–Kier alpha value is -2.72. The van der Waals surface area contributed by atoms with Crippen LogP contribution in [0.4, 0.5) is 0 Å². The fourth-order valence-electron chi connectivity index (χ4n) is 2.11. The zero-order chi connectivity index (χ0) is 15.5. The van der Waals surface area contributed by atoms with Crippen LogP contribution in [0, 0.1) is 10.8 Å². The Labute approximate surface area is 132 Å². The zero-order valence-corrected chi connectivity index (χ0v) is 12.3. The molecule has 0 aliphatic rings. The molecule has 0 aliphatic carbocycles. The molecule has 1 heterocycles. The van der Waals surface area contributed by atoms with Gasteiger partial charge in [0.2, 0.25) is 0 Å². The van der Waals surface area contributed by atoms with Gasteiger partial charge in [-0.2, -0.15) is 0 Å². The van der Waals surface area contributed by atoms with Crippen LogP contribution in [-0.2, 0) is 0 Å². The quantitative estimate of drug-likeness (QED) is 0.688. The van der Waals surface area contributed by atoms with Gasteiger partial charge in [-0.15, -0.1) is 0 Å². The van der Waals surface area contributed by atoms with E-state index >= 15 is 0 Å². The fraction of sp³-hybridized carbons (Fsp3) is 0. The van der Waals surface area contributed by atoms with E-state index in [0.717, 1.165) is 22.3 Å². The molecule has 0 amide bonds. The van der Waals surface area contributed by atoms with Crippen LogP contribution in [0.25, 0.3) is 22.6 Å². The van der Waals surface area contributed by atoms with Gasteiger partial charge in [-0.05, 0) is 17.2 Å². The summed E-state index contributed by atoms with van der Waals surface area (Å²) < 4.78 is 5.38. The van der Waals surface area contributed by atoms with E-state index in [0.29, 0.717) is 16.5 Å². The van der Waals surface area contributed by atoms with Crippen LogP contribution in [0.2, 0.25) is 5.02 Å². The fourth-order valence-corrected chi connectivity index (χ4v) is 2.40. The second-order valence-electron chi connectivity index (χ2n) is 4.73. The molecule has 0 fully saturated rings. The molecule has 3 aromatic rings. The Morgan fingerprint density at radius 1 is 0.909 bits per heavy atom. The first-order valence-corrected chi connectivity index (χ1v) is 6.97. The van der Waals surface area contributed by atoms with E-state index in [-0.39, 0.29) is 0 Å². The summed E-state index contributed by atoms with van der Waals surface area (Å²) in [7, 11) is 0. The molecule has 3 rings (SSSR count). The third-order valence-corrected chi connectivity index (χ3v) is 3.62. The van der Waals surface area contributed by atoms with Crippen LogP contribution in [-0.4, -0.2) is 17.6 Å². The number of nitrogens with one attached hydrogen (secondary N) is 2. The highest BCUT2D eigenvalue weighted by Crippen LogP contribution is 2.31. The first-order valence-electron chi connectivity index (χ1n) is 6.59. The minimum absolute atomic E-state index is 0.528. The van der Waals surface area contributed by atoms with Crippen molar-refractivity contribution in [3.63, 3.8) is 0 Å². The lowest BCUT2D eigenvalue weighted by Crippen LogP contribution is -1.83. The van der Waals surface area contributed by atoms with Gasteiger partial charge in [0, 0.05) is 29.6 Å². The molecule has 22 heavy (non-hydrogen) atoms. The maximum Gasteiger partial charge on any atom is 0.167 e. The van der Waals surface area contributed by atoms with Gasteiger partial charge in [0.1, 0.15) is 5.69 Å². The van der Waals surface area contributed by atoms with Crippen molar-refractivity contribution < 1.29 is 4.52 Å². The molecule has 0 saturated heterocycles. The smallest absolute Gasteiger partial charge is 0.167 e. The minimum atomic E-state index is 0.528. The van der Waals surface area contributed by atoms with Crippen molar-refractivity contribution in [3.05, 3.63) is 64.7 Å². The number of hydrogen-bond acceptors (Lipinski definition) is 4. The van der Waals surface area contributed by atoms with Gasteiger partial charge in [0.25, 0.3) is 0 Å². The normalized spacial score (nSPS) is 10.4. The Kier molecular flexibility index (Phi) is 3.85. The summed E-state index contributed by atoms with van der Waals surface area (Å²) in [5.41, 5.74) is 3.86. The SMILES string of the molecule is N=Cc1ccc(-c2cc(-c3ccc(C=N)cc3Cl)no2)cc1. The van der Waals surface area contributed by atoms with Crippen LogP contribution in [0.5, 0.6) is 0 Å². The van der Waals surface area contributed by atoms with Crippen molar-refractivity contribution in [3.8, 4) is 22.6 Å². The first-order chi connectivity index (χ1) is 10.7. The summed E-state index contributed by atoms with van der Waals surface area (Å²) in [4.78, 5) is 0. The van der Waals surface area contributed by atoms with E-state index < -0.39 is 0 Å². The van der Waals surface area contributed by atoms with E-state index in [4.69, 9.17) is 26.9 Å². The van der Waals surface area contributed by atoms with Crippen molar-refractivity contribution in [2.75, 3.05) is 0 Å². The average Bonchev–Trinajstić information content (AvgIpc) is 3.04. The van der Waals surface area contributed by atoms with Crippen molar-refractivity contribution in [1.82, 2.24) is 5.16 Å². The molecule has 0 atom stereocenters. The standard InChI is InChI=1S/C17H12ClN3O/c18-15-7-12(10-20)3-6-14(15)16-8-17(22-21-16)13-4-1-11(9-19)2-5-13/h1-10,19-20H. The van der Waals surface area contributed by atoms with Crippen LogP contribution < -0.4 is 0 Å². The Balaban J connectivity index is 1.96. The molecule has 2 aromatic carbocycles. The van der Waals surface area contributed by atoms with Crippen LogP contribution in [0.15, 0.2) is 53.1 Å². The van der Waals surface area contributed by atoms with Gasteiger partial charge in [0.15, 0.2) is 5.76 Å². The Morgan fingerprint density at radius 3 is 2.23 bits per heavy atom. The molecular formula is C17H12ClN3O. The number of benzene rings is 2. The van der Waals surface area contributed by atoms with E-state index in [1.807, 2.05) is 36.4 Å². The second-order valence-corrected chi connectivity index (χ2v) is 5.13. The monoisotopic (exact) mass is 309 g/mol. The van der Waals surface area contributed by atoms with Gasteiger partial charge in [-0.1, -0.05) is 53.2 Å². The third-order valence-electron chi connectivity index (χ3n) is 3.31. The molecule has 0 bridgehead atoms. The van der Waals surface area contributed by atoms with Gasteiger partial charge in [-0.3, -0.25) is 0 Å². The predicted molar refractivity (Wildman–Crippen MR) is 88.2 cm³/mol. The highest BCUT2D eigenvalue weighted by atomic mass is 35.5. The minimum Gasteiger partial charge on any atom is -0.356 e. The summed E-state index contributed by atoms with van der Waals surface area (Å²) in [5, 5.41) is 19.0. The maximum atomic E-state index is 7.23. The second kappa shape index (κ2) is 5.95. The lowest BCUT2D eigenvalue weighted by atomic mass is 10.1. The van der Waals surface area contributed by atoms with Gasteiger partial charge < -0.3 is 15.3 Å². The Morgan fingerprint density at radius 2 is 1.59 bits per heavy atom. The molecule has 0 aliphatic heterocycles. The predicted octanol–water partition coefficient (Wildman–Crippen LogP) is 4.66. The van der Waals surface area contributed by atoms with Crippen LogP contribution in [0.1, 0.15) is 11.1 Å². The number of nitrogens with zero attached hydrogens (tertiary/aromatic N) is 1. The van der Waals surface area contributed by atoms with Gasteiger partial charge >= 0.3 is 0 Å². The van der Waals surface area contributed by atoms with E-state index in [9.17, 15) is 0 Å². The molecular weight excluding hydrogens is 298 g/mol. The van der Waals surface area contributed by atoms with Gasteiger partial charge in [-0.25, -0.2) is 0 Å². The summed E-state index contributed by atoms with van der Waals surface area (Å²) in [6.45, 7) is 0. The highest BCUT2D eigenvalue weighted by molar-refractivity contribution is 6.33. The van der Waals surface area contributed by atoms with Crippen molar-refractivity contribution in [2.24, 2.45) is 0 Å². The third kappa shape index (κ3) is 2.69.